The number of hydrogen-bond donors (Lipinski definition) is 0. The standard InChI is InChI=1S/C32H42O6/c1-2-3-4-6-19-33-27-17-15-25(16-18-27)10-9-24-11-13-26(14-12-24)21-35-28-22-36-32-29(23-37-31(28)32)38-30-8-5-7-20-34-30/h9-18,28-32H,2-8,19-23H2,1H3/b10-9+/t28-,29+,30?,31-,32-/m0/s1. The van der Waals surface area contributed by atoms with Gasteiger partial charge in [-0.15, -0.1) is 0 Å². The summed E-state index contributed by atoms with van der Waals surface area (Å²) in [5.74, 6) is 0.936. The van der Waals surface area contributed by atoms with Crippen LogP contribution in [0.5, 0.6) is 5.75 Å². The zero-order valence-corrected chi connectivity index (χ0v) is 22.6. The molecule has 3 heterocycles. The van der Waals surface area contributed by atoms with Crippen molar-refractivity contribution in [3.63, 3.8) is 0 Å². The van der Waals surface area contributed by atoms with Gasteiger partial charge in [0, 0.05) is 6.61 Å². The second-order valence-electron chi connectivity index (χ2n) is 10.5. The molecule has 3 saturated heterocycles. The van der Waals surface area contributed by atoms with E-state index in [0.29, 0.717) is 19.8 Å². The maximum Gasteiger partial charge on any atom is 0.158 e. The van der Waals surface area contributed by atoms with Crippen LogP contribution < -0.4 is 4.74 Å². The Bertz CT molecular complexity index is 982. The largest absolute Gasteiger partial charge is 0.494 e. The molecule has 0 spiro atoms. The first-order chi connectivity index (χ1) is 18.8. The second-order valence-corrected chi connectivity index (χ2v) is 10.5. The van der Waals surface area contributed by atoms with Gasteiger partial charge in [0.25, 0.3) is 0 Å². The molecule has 206 valence electrons. The van der Waals surface area contributed by atoms with Crippen molar-refractivity contribution in [2.24, 2.45) is 0 Å². The second kappa shape index (κ2) is 14.2. The predicted molar refractivity (Wildman–Crippen MR) is 148 cm³/mol. The molecule has 0 bridgehead atoms. The lowest BCUT2D eigenvalue weighted by molar-refractivity contribution is -0.202. The molecule has 2 aromatic carbocycles. The van der Waals surface area contributed by atoms with Crippen molar-refractivity contribution in [3.05, 3.63) is 65.2 Å². The van der Waals surface area contributed by atoms with Crippen LogP contribution in [0.4, 0.5) is 0 Å². The van der Waals surface area contributed by atoms with E-state index in [2.05, 4.69) is 55.5 Å². The van der Waals surface area contributed by atoms with E-state index in [1.54, 1.807) is 0 Å². The summed E-state index contributed by atoms with van der Waals surface area (Å²) in [6.07, 6.45) is 11.9. The van der Waals surface area contributed by atoms with Gasteiger partial charge < -0.3 is 28.4 Å². The lowest BCUT2D eigenvalue weighted by Gasteiger charge is -2.27. The monoisotopic (exact) mass is 522 g/mol. The SMILES string of the molecule is CCCCCCOc1ccc(/C=C/c2ccc(CO[C@H]3CO[C@@H]4[C@H]3OC[C@H]4OC3CCCCO3)cc2)cc1. The third-order valence-electron chi connectivity index (χ3n) is 7.49. The Hall–Kier alpha value is -2.22. The van der Waals surface area contributed by atoms with E-state index in [4.69, 9.17) is 28.4 Å². The minimum Gasteiger partial charge on any atom is -0.494 e. The van der Waals surface area contributed by atoms with Crippen LogP contribution in [-0.2, 0) is 30.3 Å². The Morgan fingerprint density at radius 3 is 2.21 bits per heavy atom. The highest BCUT2D eigenvalue weighted by Crippen LogP contribution is 2.32. The Morgan fingerprint density at radius 2 is 1.50 bits per heavy atom. The van der Waals surface area contributed by atoms with Crippen LogP contribution in [0, 0.1) is 0 Å². The Labute approximate surface area is 227 Å². The average Bonchev–Trinajstić information content (AvgIpc) is 3.55. The molecule has 0 amide bonds. The van der Waals surface area contributed by atoms with Crippen molar-refractivity contribution in [1.82, 2.24) is 0 Å². The summed E-state index contributed by atoms with van der Waals surface area (Å²) in [5, 5.41) is 0. The fourth-order valence-corrected chi connectivity index (χ4v) is 5.22. The van der Waals surface area contributed by atoms with Crippen LogP contribution in [0.2, 0.25) is 0 Å². The van der Waals surface area contributed by atoms with E-state index in [-0.39, 0.29) is 30.7 Å². The molecule has 5 atom stereocenters. The van der Waals surface area contributed by atoms with Gasteiger partial charge >= 0.3 is 0 Å². The van der Waals surface area contributed by atoms with Crippen LogP contribution in [0.1, 0.15) is 68.6 Å². The Morgan fingerprint density at radius 1 is 0.789 bits per heavy atom. The highest BCUT2D eigenvalue weighted by atomic mass is 16.7. The number of unbranched alkanes of at least 4 members (excludes halogenated alkanes) is 3. The summed E-state index contributed by atoms with van der Waals surface area (Å²) >= 11 is 0. The number of rotatable bonds is 13. The molecule has 6 nitrogen and oxygen atoms in total. The highest BCUT2D eigenvalue weighted by molar-refractivity contribution is 5.69. The van der Waals surface area contributed by atoms with Crippen molar-refractivity contribution in [2.45, 2.75) is 89.2 Å². The summed E-state index contributed by atoms with van der Waals surface area (Å²) < 4.78 is 35.9. The lowest BCUT2D eigenvalue weighted by atomic mass is 10.1. The number of hydrogen-bond acceptors (Lipinski definition) is 6. The molecule has 0 radical (unpaired) electrons. The third kappa shape index (κ3) is 7.67. The molecule has 38 heavy (non-hydrogen) atoms. The van der Waals surface area contributed by atoms with Gasteiger partial charge in [0.15, 0.2) is 6.29 Å². The summed E-state index contributed by atoms with van der Waals surface area (Å²) in [5.41, 5.74) is 3.44. The average molecular weight is 523 g/mol. The molecule has 0 aliphatic carbocycles. The zero-order valence-electron chi connectivity index (χ0n) is 22.6. The van der Waals surface area contributed by atoms with Gasteiger partial charge in [0.05, 0.1) is 26.4 Å². The lowest BCUT2D eigenvalue weighted by Crippen LogP contribution is -2.37. The molecular weight excluding hydrogens is 480 g/mol. The molecular formula is C32H42O6. The van der Waals surface area contributed by atoms with Crippen LogP contribution in [0.25, 0.3) is 12.2 Å². The Kier molecular flexibility index (Phi) is 10.3. The van der Waals surface area contributed by atoms with Gasteiger partial charge in [-0.05, 0) is 54.5 Å². The van der Waals surface area contributed by atoms with Gasteiger partial charge in [0.2, 0.25) is 0 Å². The minimum atomic E-state index is -0.134. The molecule has 5 rings (SSSR count). The third-order valence-corrected chi connectivity index (χ3v) is 7.49. The molecule has 1 unspecified atom stereocenters. The summed E-state index contributed by atoms with van der Waals surface area (Å²) in [6.45, 7) is 5.38. The Balaban J connectivity index is 1.04. The highest BCUT2D eigenvalue weighted by Gasteiger charge is 2.49. The van der Waals surface area contributed by atoms with E-state index in [9.17, 15) is 0 Å². The quantitative estimate of drug-likeness (QED) is 0.224. The van der Waals surface area contributed by atoms with Crippen LogP contribution >= 0.6 is 0 Å². The van der Waals surface area contributed by atoms with E-state index in [1.807, 2.05) is 12.1 Å². The molecule has 0 N–H and O–H groups in total. The van der Waals surface area contributed by atoms with Gasteiger partial charge in [-0.3, -0.25) is 0 Å². The zero-order chi connectivity index (χ0) is 26.0. The first-order valence-electron chi connectivity index (χ1n) is 14.4. The van der Waals surface area contributed by atoms with Crippen molar-refractivity contribution < 1.29 is 28.4 Å². The van der Waals surface area contributed by atoms with Crippen molar-refractivity contribution in [2.75, 3.05) is 26.4 Å². The molecule has 3 fully saturated rings. The van der Waals surface area contributed by atoms with Gasteiger partial charge in [-0.25, -0.2) is 0 Å². The fraction of sp³-hybridized carbons (Fsp3) is 0.562. The van der Waals surface area contributed by atoms with Crippen LogP contribution in [0.15, 0.2) is 48.5 Å². The van der Waals surface area contributed by atoms with Crippen LogP contribution in [-0.4, -0.2) is 57.1 Å². The first kappa shape index (κ1) is 27.4. The normalized spacial score (nSPS) is 27.1. The van der Waals surface area contributed by atoms with E-state index in [0.717, 1.165) is 61.3 Å². The van der Waals surface area contributed by atoms with E-state index >= 15 is 0 Å². The van der Waals surface area contributed by atoms with E-state index in [1.165, 1.54) is 19.3 Å². The molecule has 6 heteroatoms. The topological polar surface area (TPSA) is 55.4 Å². The molecule has 0 saturated carbocycles. The molecule has 3 aliphatic heterocycles. The summed E-state index contributed by atoms with van der Waals surface area (Å²) in [6, 6.07) is 16.8. The van der Waals surface area contributed by atoms with Gasteiger partial charge in [0.1, 0.15) is 30.2 Å². The summed E-state index contributed by atoms with van der Waals surface area (Å²) in [7, 11) is 0. The van der Waals surface area contributed by atoms with Gasteiger partial charge in [-0.1, -0.05) is 74.7 Å². The maximum atomic E-state index is 6.20. The van der Waals surface area contributed by atoms with Crippen LogP contribution in [0.3, 0.4) is 0 Å². The maximum absolute atomic E-state index is 6.20. The van der Waals surface area contributed by atoms with E-state index < -0.39 is 0 Å². The molecule has 2 aromatic rings. The van der Waals surface area contributed by atoms with Crippen molar-refractivity contribution in [3.8, 4) is 5.75 Å². The van der Waals surface area contributed by atoms with Crippen molar-refractivity contribution in [1.29, 1.82) is 0 Å². The minimum absolute atomic E-state index is 0.0792. The van der Waals surface area contributed by atoms with Crippen molar-refractivity contribution >= 4 is 12.2 Å². The number of ether oxygens (including phenoxy) is 6. The fourth-order valence-electron chi connectivity index (χ4n) is 5.22. The molecule has 3 aliphatic rings. The predicted octanol–water partition coefficient (Wildman–Crippen LogP) is 6.41. The van der Waals surface area contributed by atoms with Gasteiger partial charge in [-0.2, -0.15) is 0 Å². The summed E-state index contributed by atoms with van der Waals surface area (Å²) in [4.78, 5) is 0. The number of fused-ring (bicyclic) bond motifs is 1. The smallest absolute Gasteiger partial charge is 0.158 e. The first-order valence-corrected chi connectivity index (χ1v) is 14.4. The molecule has 0 aromatic heterocycles. The number of benzene rings is 2.